The first kappa shape index (κ1) is 13.8. The number of aromatic nitrogens is 1. The Labute approximate surface area is 103 Å². The minimum atomic E-state index is -0.226. The van der Waals surface area contributed by atoms with E-state index in [-0.39, 0.29) is 5.91 Å². The maximum absolute atomic E-state index is 10.6. The number of carbonyl (C=O) groups excluding carboxylic acids is 1. The van der Waals surface area contributed by atoms with Crippen molar-refractivity contribution in [1.82, 2.24) is 9.88 Å². The molecular formula is C13H23N3O. The van der Waals surface area contributed by atoms with Crippen molar-refractivity contribution in [3.05, 3.63) is 23.0 Å². The lowest BCUT2D eigenvalue weighted by molar-refractivity contribution is -0.118. The summed E-state index contributed by atoms with van der Waals surface area (Å²) in [5.41, 5.74) is 9.05. The highest BCUT2D eigenvalue weighted by atomic mass is 16.1. The maximum Gasteiger partial charge on any atom is 0.217 e. The Morgan fingerprint density at radius 1 is 1.47 bits per heavy atom. The van der Waals surface area contributed by atoms with E-state index in [1.54, 1.807) is 0 Å². The molecule has 0 aliphatic heterocycles. The van der Waals surface area contributed by atoms with Crippen LogP contribution < -0.4 is 11.1 Å². The standard InChI is InChI=1S/C13H23N3O/c1-4-16-10(2)8-12(11(16)3)9-15-7-5-6-13(14)17/h8,15H,4-7,9H2,1-3H3,(H2,14,17). The molecule has 4 heteroatoms. The molecule has 0 fully saturated rings. The maximum atomic E-state index is 10.6. The molecular weight excluding hydrogens is 214 g/mol. The van der Waals surface area contributed by atoms with E-state index >= 15 is 0 Å². The summed E-state index contributed by atoms with van der Waals surface area (Å²) in [6, 6.07) is 2.22. The number of amides is 1. The monoisotopic (exact) mass is 237 g/mol. The van der Waals surface area contributed by atoms with Gasteiger partial charge in [-0.05, 0) is 45.4 Å². The molecule has 17 heavy (non-hydrogen) atoms. The zero-order valence-electron chi connectivity index (χ0n) is 11.0. The Hall–Kier alpha value is -1.29. The van der Waals surface area contributed by atoms with E-state index in [9.17, 15) is 4.79 Å². The topological polar surface area (TPSA) is 60.1 Å². The largest absolute Gasteiger partial charge is 0.370 e. The molecule has 4 nitrogen and oxygen atoms in total. The summed E-state index contributed by atoms with van der Waals surface area (Å²) in [5, 5.41) is 3.34. The molecule has 1 aromatic heterocycles. The molecule has 0 unspecified atom stereocenters. The Kier molecular flexibility index (Phi) is 5.22. The van der Waals surface area contributed by atoms with Gasteiger partial charge in [0.05, 0.1) is 0 Å². The van der Waals surface area contributed by atoms with Crippen LogP contribution in [-0.4, -0.2) is 17.0 Å². The number of nitrogens with zero attached hydrogens (tertiary/aromatic N) is 1. The second-order valence-electron chi connectivity index (χ2n) is 4.39. The van der Waals surface area contributed by atoms with Crippen molar-refractivity contribution >= 4 is 5.91 Å². The number of primary amides is 1. The van der Waals surface area contributed by atoms with Gasteiger partial charge in [0.15, 0.2) is 0 Å². The van der Waals surface area contributed by atoms with Crippen molar-refractivity contribution in [3.8, 4) is 0 Å². The molecule has 0 atom stereocenters. The van der Waals surface area contributed by atoms with Crippen LogP contribution in [0.5, 0.6) is 0 Å². The van der Waals surface area contributed by atoms with E-state index in [1.165, 1.54) is 17.0 Å². The van der Waals surface area contributed by atoms with Gasteiger partial charge >= 0.3 is 0 Å². The summed E-state index contributed by atoms with van der Waals surface area (Å²) >= 11 is 0. The van der Waals surface area contributed by atoms with Crippen LogP contribution >= 0.6 is 0 Å². The van der Waals surface area contributed by atoms with Crippen molar-refractivity contribution in [1.29, 1.82) is 0 Å². The van der Waals surface area contributed by atoms with Gasteiger partial charge in [-0.15, -0.1) is 0 Å². The first-order valence-corrected chi connectivity index (χ1v) is 6.20. The SMILES string of the molecule is CCn1c(C)cc(CNCCCC(N)=O)c1C. The van der Waals surface area contributed by atoms with Gasteiger partial charge < -0.3 is 15.6 Å². The number of nitrogens with two attached hydrogens (primary N) is 1. The van der Waals surface area contributed by atoms with E-state index in [2.05, 4.69) is 36.7 Å². The highest BCUT2D eigenvalue weighted by molar-refractivity contribution is 5.73. The quantitative estimate of drug-likeness (QED) is 0.706. The van der Waals surface area contributed by atoms with E-state index in [0.717, 1.165) is 26.1 Å². The van der Waals surface area contributed by atoms with Crippen LogP contribution in [0, 0.1) is 13.8 Å². The average molecular weight is 237 g/mol. The van der Waals surface area contributed by atoms with Gasteiger partial charge in [0.2, 0.25) is 5.91 Å². The molecule has 1 heterocycles. The van der Waals surface area contributed by atoms with E-state index < -0.39 is 0 Å². The van der Waals surface area contributed by atoms with Crippen molar-refractivity contribution < 1.29 is 4.79 Å². The Morgan fingerprint density at radius 3 is 2.71 bits per heavy atom. The van der Waals surface area contributed by atoms with Gasteiger partial charge in [0, 0.05) is 30.9 Å². The van der Waals surface area contributed by atoms with Gasteiger partial charge in [0.1, 0.15) is 0 Å². The summed E-state index contributed by atoms with van der Waals surface area (Å²) < 4.78 is 2.31. The fourth-order valence-electron chi connectivity index (χ4n) is 2.15. The zero-order valence-corrected chi connectivity index (χ0v) is 11.0. The molecule has 1 amide bonds. The first-order valence-electron chi connectivity index (χ1n) is 6.20. The number of carbonyl (C=O) groups is 1. The van der Waals surface area contributed by atoms with E-state index in [4.69, 9.17) is 5.73 Å². The molecule has 1 rings (SSSR count). The normalized spacial score (nSPS) is 10.8. The fraction of sp³-hybridized carbons (Fsp3) is 0.615. The van der Waals surface area contributed by atoms with Crippen molar-refractivity contribution in [2.24, 2.45) is 5.73 Å². The third kappa shape index (κ3) is 3.89. The molecule has 3 N–H and O–H groups in total. The highest BCUT2D eigenvalue weighted by Crippen LogP contribution is 2.14. The molecule has 0 aliphatic carbocycles. The summed E-state index contributed by atoms with van der Waals surface area (Å²) in [5.74, 6) is -0.226. The predicted molar refractivity (Wildman–Crippen MR) is 69.7 cm³/mol. The molecule has 96 valence electrons. The fourth-order valence-corrected chi connectivity index (χ4v) is 2.15. The number of hydrogen-bond acceptors (Lipinski definition) is 2. The predicted octanol–water partition coefficient (Wildman–Crippen LogP) is 1.48. The molecule has 0 saturated carbocycles. The Bertz CT molecular complexity index is 382. The summed E-state index contributed by atoms with van der Waals surface area (Å²) in [4.78, 5) is 10.6. The number of aryl methyl sites for hydroxylation is 1. The molecule has 1 aromatic rings. The smallest absolute Gasteiger partial charge is 0.217 e. The lowest BCUT2D eigenvalue weighted by atomic mass is 10.2. The average Bonchev–Trinajstić information content (AvgIpc) is 2.53. The van der Waals surface area contributed by atoms with E-state index in [0.29, 0.717) is 6.42 Å². The second-order valence-corrected chi connectivity index (χ2v) is 4.39. The molecule has 0 bridgehead atoms. The first-order chi connectivity index (χ1) is 8.06. The van der Waals surface area contributed by atoms with Crippen LogP contribution in [0.4, 0.5) is 0 Å². The highest BCUT2D eigenvalue weighted by Gasteiger charge is 2.06. The van der Waals surface area contributed by atoms with E-state index in [1.807, 2.05) is 0 Å². The van der Waals surface area contributed by atoms with Crippen LogP contribution in [-0.2, 0) is 17.9 Å². The van der Waals surface area contributed by atoms with Gasteiger partial charge in [-0.1, -0.05) is 0 Å². The number of rotatable bonds is 7. The molecule has 0 radical (unpaired) electrons. The lowest BCUT2D eigenvalue weighted by Gasteiger charge is -2.07. The van der Waals surface area contributed by atoms with Crippen LogP contribution in [0.1, 0.15) is 36.7 Å². The molecule has 0 aromatic carbocycles. The lowest BCUT2D eigenvalue weighted by Crippen LogP contribution is -2.18. The van der Waals surface area contributed by atoms with Crippen molar-refractivity contribution in [2.75, 3.05) is 6.54 Å². The summed E-state index contributed by atoms with van der Waals surface area (Å²) in [7, 11) is 0. The van der Waals surface area contributed by atoms with Gasteiger partial charge in [-0.2, -0.15) is 0 Å². The minimum absolute atomic E-state index is 0.226. The third-order valence-electron chi connectivity index (χ3n) is 3.09. The summed E-state index contributed by atoms with van der Waals surface area (Å²) in [6.45, 7) is 9.14. The van der Waals surface area contributed by atoms with Crippen LogP contribution in [0.3, 0.4) is 0 Å². The minimum Gasteiger partial charge on any atom is -0.370 e. The second kappa shape index (κ2) is 6.45. The van der Waals surface area contributed by atoms with Crippen LogP contribution in [0.25, 0.3) is 0 Å². The molecule has 0 saturated heterocycles. The van der Waals surface area contributed by atoms with Gasteiger partial charge in [-0.3, -0.25) is 4.79 Å². The zero-order chi connectivity index (χ0) is 12.8. The Balaban J connectivity index is 2.39. The van der Waals surface area contributed by atoms with Crippen LogP contribution in [0.15, 0.2) is 6.07 Å². The molecule has 0 aliphatic rings. The van der Waals surface area contributed by atoms with Gasteiger partial charge in [0.25, 0.3) is 0 Å². The Morgan fingerprint density at radius 2 is 2.18 bits per heavy atom. The molecule has 0 spiro atoms. The number of nitrogens with one attached hydrogen (secondary N) is 1. The third-order valence-corrected chi connectivity index (χ3v) is 3.09. The van der Waals surface area contributed by atoms with Crippen molar-refractivity contribution in [2.45, 2.75) is 46.7 Å². The van der Waals surface area contributed by atoms with Gasteiger partial charge in [-0.25, -0.2) is 0 Å². The summed E-state index contributed by atoms with van der Waals surface area (Å²) in [6.07, 6.45) is 1.27. The number of hydrogen-bond donors (Lipinski definition) is 2. The van der Waals surface area contributed by atoms with Crippen LogP contribution in [0.2, 0.25) is 0 Å². The van der Waals surface area contributed by atoms with Crippen molar-refractivity contribution in [3.63, 3.8) is 0 Å².